The van der Waals surface area contributed by atoms with E-state index in [1.54, 1.807) is 0 Å². The van der Waals surface area contributed by atoms with Gasteiger partial charge >= 0.3 is 12.1 Å². The Bertz CT molecular complexity index is 934. The van der Waals surface area contributed by atoms with Crippen molar-refractivity contribution < 1.29 is 23.9 Å². The highest BCUT2D eigenvalue weighted by Gasteiger charge is 2.35. The molecule has 34 heavy (non-hydrogen) atoms. The maximum Gasteiger partial charge on any atom is 0.408 e. The first kappa shape index (κ1) is 25.2. The van der Waals surface area contributed by atoms with Crippen LogP contribution in [0.15, 0.2) is 60.7 Å². The van der Waals surface area contributed by atoms with E-state index in [1.165, 1.54) is 0 Å². The molecule has 182 valence electrons. The molecule has 0 spiro atoms. The Labute approximate surface area is 200 Å². The Morgan fingerprint density at radius 1 is 1.00 bits per heavy atom. The molecule has 3 atom stereocenters. The number of benzene rings is 2. The van der Waals surface area contributed by atoms with Gasteiger partial charge in [0.2, 0.25) is 0 Å². The maximum atomic E-state index is 13.2. The largest absolute Gasteiger partial charge is 0.449 e. The fourth-order valence-electron chi connectivity index (χ4n) is 3.49. The Kier molecular flexibility index (Phi) is 9.46. The molecule has 8 nitrogen and oxygen atoms in total. The summed E-state index contributed by atoms with van der Waals surface area (Å²) in [4.78, 5) is 38.4. The molecule has 0 saturated heterocycles. The molecule has 2 aromatic rings. The van der Waals surface area contributed by atoms with Crippen LogP contribution in [0, 0.1) is 0 Å². The van der Waals surface area contributed by atoms with Crippen LogP contribution < -0.4 is 16.4 Å². The summed E-state index contributed by atoms with van der Waals surface area (Å²) in [5, 5.41) is 5.45. The van der Waals surface area contributed by atoms with Crippen molar-refractivity contribution in [3.8, 4) is 0 Å². The molecule has 1 saturated carbocycles. The standard InChI is InChI=1S/C26H33N3O5/c1-2-9-21(27)23(24(30)28-20-14-15-20)34-25(31)22(16-18-10-5-3-6-11-18)29-26(32)33-17-19-12-7-4-8-13-19/h3-8,10-13,20-23H,2,9,14-17,27H2,1H3,(H,28,30)(H,29,32)/t21-,22-,23-/m0/s1. The number of hydrogen-bond acceptors (Lipinski definition) is 6. The van der Waals surface area contributed by atoms with E-state index < -0.39 is 36.2 Å². The minimum absolute atomic E-state index is 0.0631. The third kappa shape index (κ3) is 8.19. The number of nitrogens with one attached hydrogen (secondary N) is 2. The third-order valence-corrected chi connectivity index (χ3v) is 5.51. The predicted molar refractivity (Wildman–Crippen MR) is 128 cm³/mol. The zero-order valence-electron chi connectivity index (χ0n) is 19.4. The summed E-state index contributed by atoms with van der Waals surface area (Å²) < 4.78 is 10.9. The summed E-state index contributed by atoms with van der Waals surface area (Å²) in [6, 6.07) is 16.9. The molecule has 0 radical (unpaired) electrons. The first-order valence-corrected chi connectivity index (χ1v) is 11.7. The number of alkyl carbamates (subject to hydrolysis) is 1. The van der Waals surface area contributed by atoms with Crippen LogP contribution in [0.25, 0.3) is 0 Å². The van der Waals surface area contributed by atoms with Gasteiger partial charge in [0.05, 0.1) is 6.04 Å². The normalized spacial score (nSPS) is 15.5. The van der Waals surface area contributed by atoms with E-state index in [4.69, 9.17) is 15.2 Å². The molecule has 1 aliphatic carbocycles. The number of carbonyl (C=O) groups is 3. The maximum absolute atomic E-state index is 13.2. The lowest BCUT2D eigenvalue weighted by molar-refractivity contribution is -0.159. The summed E-state index contributed by atoms with van der Waals surface area (Å²) in [5.41, 5.74) is 7.84. The molecule has 0 heterocycles. The predicted octanol–water partition coefficient (Wildman–Crippen LogP) is 2.84. The van der Waals surface area contributed by atoms with Crippen molar-refractivity contribution in [3.05, 3.63) is 71.8 Å². The number of nitrogens with two attached hydrogens (primary N) is 1. The van der Waals surface area contributed by atoms with Gasteiger partial charge in [-0.05, 0) is 30.4 Å². The van der Waals surface area contributed by atoms with Gasteiger partial charge in [0.15, 0.2) is 6.10 Å². The molecule has 8 heteroatoms. The molecule has 1 aliphatic rings. The SMILES string of the molecule is CCC[C@H](N)[C@H](OC(=O)[C@H](Cc1ccccc1)NC(=O)OCc1ccccc1)C(=O)NC1CC1. The molecule has 0 aliphatic heterocycles. The van der Waals surface area contributed by atoms with Gasteiger partial charge in [-0.3, -0.25) is 4.79 Å². The number of carbonyl (C=O) groups excluding carboxylic acids is 3. The van der Waals surface area contributed by atoms with E-state index in [0.29, 0.717) is 6.42 Å². The lowest BCUT2D eigenvalue weighted by Gasteiger charge is -2.26. The van der Waals surface area contributed by atoms with Crippen LogP contribution in [0.1, 0.15) is 43.7 Å². The van der Waals surface area contributed by atoms with Gasteiger partial charge in [-0.25, -0.2) is 9.59 Å². The summed E-state index contributed by atoms with van der Waals surface area (Å²) >= 11 is 0. The van der Waals surface area contributed by atoms with E-state index in [9.17, 15) is 14.4 Å². The van der Waals surface area contributed by atoms with Crippen molar-refractivity contribution >= 4 is 18.0 Å². The van der Waals surface area contributed by atoms with E-state index in [2.05, 4.69) is 10.6 Å². The molecule has 3 rings (SSSR count). The first-order chi connectivity index (χ1) is 16.5. The Balaban J connectivity index is 1.68. The van der Waals surface area contributed by atoms with Crippen LogP contribution in [0.5, 0.6) is 0 Å². The number of hydrogen-bond donors (Lipinski definition) is 3. The van der Waals surface area contributed by atoms with E-state index in [-0.39, 0.29) is 19.1 Å². The summed E-state index contributed by atoms with van der Waals surface area (Å²) in [5.74, 6) is -1.13. The zero-order valence-corrected chi connectivity index (χ0v) is 19.4. The molecule has 0 bridgehead atoms. The molecule has 2 amide bonds. The van der Waals surface area contributed by atoms with Crippen LogP contribution in [0.4, 0.5) is 4.79 Å². The van der Waals surface area contributed by atoms with Crippen LogP contribution in [0.3, 0.4) is 0 Å². The number of rotatable bonds is 12. The second-order valence-corrected chi connectivity index (χ2v) is 8.54. The van der Waals surface area contributed by atoms with Crippen LogP contribution >= 0.6 is 0 Å². The van der Waals surface area contributed by atoms with Crippen molar-refractivity contribution in [3.63, 3.8) is 0 Å². The van der Waals surface area contributed by atoms with Crippen molar-refractivity contribution in [2.45, 2.75) is 69.9 Å². The second kappa shape index (κ2) is 12.7. The Morgan fingerprint density at radius 3 is 2.21 bits per heavy atom. The first-order valence-electron chi connectivity index (χ1n) is 11.7. The Hall–Kier alpha value is -3.39. The molecule has 0 unspecified atom stereocenters. The van der Waals surface area contributed by atoms with Crippen LogP contribution in [-0.2, 0) is 32.1 Å². The van der Waals surface area contributed by atoms with Gasteiger partial charge in [0, 0.05) is 12.5 Å². The average Bonchev–Trinajstić information content (AvgIpc) is 3.66. The van der Waals surface area contributed by atoms with Crippen molar-refractivity contribution in [1.29, 1.82) is 0 Å². The van der Waals surface area contributed by atoms with Gasteiger partial charge in [0.1, 0.15) is 12.6 Å². The molecule has 1 fully saturated rings. The summed E-state index contributed by atoms with van der Waals surface area (Å²) in [7, 11) is 0. The van der Waals surface area contributed by atoms with Crippen molar-refractivity contribution in [2.24, 2.45) is 5.73 Å². The molecular formula is C26H33N3O5. The molecule has 0 aromatic heterocycles. The minimum atomic E-state index is -1.13. The van der Waals surface area contributed by atoms with Gasteiger partial charge in [0.25, 0.3) is 5.91 Å². The second-order valence-electron chi connectivity index (χ2n) is 8.54. The number of ether oxygens (including phenoxy) is 2. The van der Waals surface area contributed by atoms with Crippen molar-refractivity contribution in [2.75, 3.05) is 0 Å². The highest BCUT2D eigenvalue weighted by Crippen LogP contribution is 2.20. The third-order valence-electron chi connectivity index (χ3n) is 5.51. The number of amides is 2. The lowest BCUT2D eigenvalue weighted by atomic mass is 10.0. The quantitative estimate of drug-likeness (QED) is 0.413. The molecular weight excluding hydrogens is 434 g/mol. The Morgan fingerprint density at radius 2 is 1.62 bits per heavy atom. The minimum Gasteiger partial charge on any atom is -0.449 e. The monoisotopic (exact) mass is 467 g/mol. The van der Waals surface area contributed by atoms with Gasteiger partial charge in [-0.2, -0.15) is 0 Å². The van der Waals surface area contributed by atoms with Crippen molar-refractivity contribution in [1.82, 2.24) is 10.6 Å². The fraction of sp³-hybridized carbons (Fsp3) is 0.423. The van der Waals surface area contributed by atoms with E-state index in [1.807, 2.05) is 67.6 Å². The van der Waals surface area contributed by atoms with Gasteiger partial charge in [-0.1, -0.05) is 74.0 Å². The highest BCUT2D eigenvalue weighted by molar-refractivity contribution is 5.87. The van der Waals surface area contributed by atoms with Crippen LogP contribution in [0.2, 0.25) is 0 Å². The highest BCUT2D eigenvalue weighted by atomic mass is 16.6. The lowest BCUT2D eigenvalue weighted by Crippen LogP contribution is -2.52. The zero-order chi connectivity index (χ0) is 24.3. The van der Waals surface area contributed by atoms with Gasteiger partial charge in [-0.15, -0.1) is 0 Å². The van der Waals surface area contributed by atoms with Gasteiger partial charge < -0.3 is 25.8 Å². The van der Waals surface area contributed by atoms with E-state index in [0.717, 1.165) is 30.4 Å². The number of esters is 1. The average molecular weight is 468 g/mol. The van der Waals surface area contributed by atoms with Crippen LogP contribution in [-0.4, -0.2) is 42.2 Å². The summed E-state index contributed by atoms with van der Waals surface area (Å²) in [6.07, 6.45) is 1.36. The fourth-order valence-corrected chi connectivity index (χ4v) is 3.49. The van der Waals surface area contributed by atoms with E-state index >= 15 is 0 Å². The smallest absolute Gasteiger partial charge is 0.408 e. The summed E-state index contributed by atoms with van der Waals surface area (Å²) in [6.45, 7) is 2.01. The topological polar surface area (TPSA) is 120 Å². The molecule has 4 N–H and O–H groups in total. The molecule has 2 aromatic carbocycles.